The van der Waals surface area contributed by atoms with Gasteiger partial charge in [-0.15, -0.1) is 0 Å². The van der Waals surface area contributed by atoms with Crippen molar-refractivity contribution < 1.29 is 4.79 Å². The highest BCUT2D eigenvalue weighted by Gasteiger charge is 2.21. The van der Waals surface area contributed by atoms with Crippen LogP contribution in [0.3, 0.4) is 0 Å². The van der Waals surface area contributed by atoms with Crippen LogP contribution in [-0.2, 0) is 4.79 Å². The molecule has 1 aromatic carbocycles. The second-order valence-corrected chi connectivity index (χ2v) is 5.25. The standard InChI is InChI=1S/C15H18N4O/c1-10-15(17-9-14(20)16-8-11-6-7-11)19-13-5-3-2-4-12(13)18-10/h2-5,11H,6-9H2,1H3,(H,16,20)(H,17,19). The zero-order valence-electron chi connectivity index (χ0n) is 11.5. The summed E-state index contributed by atoms with van der Waals surface area (Å²) in [6.07, 6.45) is 2.48. The van der Waals surface area contributed by atoms with E-state index in [2.05, 4.69) is 20.6 Å². The van der Waals surface area contributed by atoms with Crippen LogP contribution in [0.25, 0.3) is 11.0 Å². The number of hydrogen-bond acceptors (Lipinski definition) is 4. The molecule has 1 fully saturated rings. The predicted molar refractivity (Wildman–Crippen MR) is 78.5 cm³/mol. The van der Waals surface area contributed by atoms with Crippen LogP contribution in [0.1, 0.15) is 18.5 Å². The minimum absolute atomic E-state index is 0.00580. The van der Waals surface area contributed by atoms with Crippen LogP contribution < -0.4 is 10.6 Å². The monoisotopic (exact) mass is 270 g/mol. The van der Waals surface area contributed by atoms with Crippen molar-refractivity contribution in [2.45, 2.75) is 19.8 Å². The second-order valence-electron chi connectivity index (χ2n) is 5.25. The van der Waals surface area contributed by atoms with E-state index >= 15 is 0 Å². The molecule has 0 spiro atoms. The Labute approximate surface area is 117 Å². The molecule has 1 aromatic heterocycles. The number of nitrogens with one attached hydrogen (secondary N) is 2. The molecule has 20 heavy (non-hydrogen) atoms. The molecule has 0 aliphatic heterocycles. The van der Waals surface area contributed by atoms with Crippen molar-refractivity contribution >= 4 is 22.8 Å². The zero-order valence-corrected chi connectivity index (χ0v) is 11.5. The van der Waals surface area contributed by atoms with Crippen LogP contribution in [0.5, 0.6) is 0 Å². The molecule has 1 aliphatic carbocycles. The highest BCUT2D eigenvalue weighted by Crippen LogP contribution is 2.27. The van der Waals surface area contributed by atoms with E-state index in [9.17, 15) is 4.79 Å². The van der Waals surface area contributed by atoms with Gasteiger partial charge >= 0.3 is 0 Å². The summed E-state index contributed by atoms with van der Waals surface area (Å²) in [7, 11) is 0. The average molecular weight is 270 g/mol. The maximum atomic E-state index is 11.7. The molecule has 0 radical (unpaired) electrons. The lowest BCUT2D eigenvalue weighted by molar-refractivity contribution is -0.119. The number of rotatable bonds is 5. The molecule has 5 heteroatoms. The topological polar surface area (TPSA) is 66.9 Å². The summed E-state index contributed by atoms with van der Waals surface area (Å²) >= 11 is 0. The summed E-state index contributed by atoms with van der Waals surface area (Å²) in [6, 6.07) is 7.72. The molecule has 0 atom stereocenters. The Kier molecular flexibility index (Phi) is 3.50. The SMILES string of the molecule is Cc1nc2ccccc2nc1NCC(=O)NCC1CC1. The van der Waals surface area contributed by atoms with Gasteiger partial charge in [-0.25, -0.2) is 9.97 Å². The van der Waals surface area contributed by atoms with E-state index in [1.54, 1.807) is 0 Å². The Morgan fingerprint density at radius 2 is 1.95 bits per heavy atom. The van der Waals surface area contributed by atoms with E-state index in [1.807, 2.05) is 31.2 Å². The van der Waals surface area contributed by atoms with Crippen molar-refractivity contribution in [1.82, 2.24) is 15.3 Å². The molecular weight excluding hydrogens is 252 g/mol. The van der Waals surface area contributed by atoms with Crippen molar-refractivity contribution in [2.24, 2.45) is 5.92 Å². The van der Waals surface area contributed by atoms with Crippen LogP contribution in [-0.4, -0.2) is 29.0 Å². The third-order valence-corrected chi connectivity index (χ3v) is 3.45. The number of aromatic nitrogens is 2. The lowest BCUT2D eigenvalue weighted by Crippen LogP contribution is -2.31. The number of carbonyl (C=O) groups is 1. The number of amides is 1. The summed E-state index contributed by atoms with van der Waals surface area (Å²) < 4.78 is 0. The zero-order chi connectivity index (χ0) is 13.9. The lowest BCUT2D eigenvalue weighted by atomic mass is 10.3. The Morgan fingerprint density at radius 1 is 1.25 bits per heavy atom. The first-order chi connectivity index (χ1) is 9.72. The fourth-order valence-electron chi connectivity index (χ4n) is 2.06. The van der Waals surface area contributed by atoms with Gasteiger partial charge in [-0.05, 0) is 37.8 Å². The van der Waals surface area contributed by atoms with Crippen molar-refractivity contribution in [1.29, 1.82) is 0 Å². The third-order valence-electron chi connectivity index (χ3n) is 3.45. The van der Waals surface area contributed by atoms with E-state index in [1.165, 1.54) is 12.8 Å². The van der Waals surface area contributed by atoms with Crippen molar-refractivity contribution in [3.63, 3.8) is 0 Å². The molecule has 5 nitrogen and oxygen atoms in total. The molecular formula is C15H18N4O. The average Bonchev–Trinajstić information content (AvgIpc) is 3.27. The number of anilines is 1. The molecule has 2 N–H and O–H groups in total. The van der Waals surface area contributed by atoms with E-state index in [0.29, 0.717) is 11.7 Å². The molecule has 104 valence electrons. The predicted octanol–water partition coefficient (Wildman–Crippen LogP) is 1.88. The molecule has 1 saturated carbocycles. The smallest absolute Gasteiger partial charge is 0.239 e. The van der Waals surface area contributed by atoms with Gasteiger partial charge in [0.05, 0.1) is 23.3 Å². The normalized spacial score (nSPS) is 14.2. The Hall–Kier alpha value is -2.17. The third kappa shape index (κ3) is 3.04. The van der Waals surface area contributed by atoms with Gasteiger partial charge in [0.2, 0.25) is 5.91 Å². The number of hydrogen-bond donors (Lipinski definition) is 2. The van der Waals surface area contributed by atoms with Gasteiger partial charge in [-0.2, -0.15) is 0 Å². The van der Waals surface area contributed by atoms with Gasteiger partial charge in [0.25, 0.3) is 0 Å². The van der Waals surface area contributed by atoms with Crippen LogP contribution in [0.4, 0.5) is 5.82 Å². The maximum absolute atomic E-state index is 11.7. The Balaban J connectivity index is 1.63. The number of fused-ring (bicyclic) bond motifs is 1. The Morgan fingerprint density at radius 3 is 2.65 bits per heavy atom. The molecule has 1 aliphatic rings. The highest BCUT2D eigenvalue weighted by atomic mass is 16.1. The van der Waals surface area contributed by atoms with Gasteiger partial charge < -0.3 is 10.6 Å². The van der Waals surface area contributed by atoms with Crippen LogP contribution in [0, 0.1) is 12.8 Å². The summed E-state index contributed by atoms with van der Waals surface area (Å²) in [5, 5.41) is 5.99. The summed E-state index contributed by atoms with van der Waals surface area (Å²) in [5.74, 6) is 1.37. The van der Waals surface area contributed by atoms with Gasteiger partial charge in [0.15, 0.2) is 0 Å². The first-order valence-corrected chi connectivity index (χ1v) is 6.96. The minimum Gasteiger partial charge on any atom is -0.359 e. The number of aryl methyl sites for hydroxylation is 1. The summed E-state index contributed by atoms with van der Waals surface area (Å²) in [4.78, 5) is 20.7. The quantitative estimate of drug-likeness (QED) is 0.870. The van der Waals surface area contributed by atoms with E-state index < -0.39 is 0 Å². The van der Waals surface area contributed by atoms with Gasteiger partial charge in [0.1, 0.15) is 5.82 Å². The molecule has 1 heterocycles. The van der Waals surface area contributed by atoms with Gasteiger partial charge in [-0.3, -0.25) is 4.79 Å². The number of benzene rings is 1. The second kappa shape index (κ2) is 5.45. The van der Waals surface area contributed by atoms with Crippen molar-refractivity contribution in [3.8, 4) is 0 Å². The van der Waals surface area contributed by atoms with Crippen LogP contribution in [0.2, 0.25) is 0 Å². The summed E-state index contributed by atoms with van der Waals surface area (Å²) in [6.45, 7) is 2.92. The number of nitrogens with zero attached hydrogens (tertiary/aromatic N) is 2. The van der Waals surface area contributed by atoms with Crippen molar-refractivity contribution in [2.75, 3.05) is 18.4 Å². The number of carbonyl (C=O) groups excluding carboxylic acids is 1. The van der Waals surface area contributed by atoms with E-state index in [0.717, 1.165) is 23.3 Å². The lowest BCUT2D eigenvalue weighted by Gasteiger charge is -2.09. The number of para-hydroxylation sites is 2. The van der Waals surface area contributed by atoms with Crippen molar-refractivity contribution in [3.05, 3.63) is 30.0 Å². The maximum Gasteiger partial charge on any atom is 0.239 e. The molecule has 3 rings (SSSR count). The van der Waals surface area contributed by atoms with E-state index in [-0.39, 0.29) is 12.5 Å². The highest BCUT2D eigenvalue weighted by molar-refractivity contribution is 5.81. The first kappa shape index (κ1) is 12.8. The molecule has 0 bridgehead atoms. The van der Waals surface area contributed by atoms with Crippen LogP contribution >= 0.6 is 0 Å². The van der Waals surface area contributed by atoms with Gasteiger partial charge in [-0.1, -0.05) is 12.1 Å². The minimum atomic E-state index is 0.00580. The van der Waals surface area contributed by atoms with Gasteiger partial charge in [0, 0.05) is 6.54 Å². The Bertz CT molecular complexity index is 637. The molecule has 0 saturated heterocycles. The fourth-order valence-corrected chi connectivity index (χ4v) is 2.06. The molecule has 1 amide bonds. The molecule has 2 aromatic rings. The van der Waals surface area contributed by atoms with Crippen LogP contribution in [0.15, 0.2) is 24.3 Å². The van der Waals surface area contributed by atoms with E-state index in [4.69, 9.17) is 0 Å². The molecule has 0 unspecified atom stereocenters. The summed E-state index contributed by atoms with van der Waals surface area (Å²) in [5.41, 5.74) is 2.51. The first-order valence-electron chi connectivity index (χ1n) is 6.96. The fraction of sp³-hybridized carbons (Fsp3) is 0.400. The largest absolute Gasteiger partial charge is 0.359 e.